The van der Waals surface area contributed by atoms with Gasteiger partial charge in [-0.15, -0.1) is 0 Å². The predicted octanol–water partition coefficient (Wildman–Crippen LogP) is 5.89. The Hall–Kier alpha value is -2.00. The number of ether oxygens (including phenoxy) is 2. The van der Waals surface area contributed by atoms with Crippen LogP contribution in [-0.2, 0) is 0 Å². The van der Waals surface area contributed by atoms with Crippen molar-refractivity contribution in [3.05, 3.63) is 52.0 Å². The van der Waals surface area contributed by atoms with E-state index in [9.17, 15) is 0 Å². The topological polar surface area (TPSA) is 30.8 Å². The van der Waals surface area contributed by atoms with Crippen LogP contribution in [0.2, 0.25) is 5.02 Å². The molecule has 0 N–H and O–H groups in total. The van der Waals surface area contributed by atoms with Crippen molar-refractivity contribution in [3.8, 4) is 11.5 Å². The molecule has 0 spiro atoms. The summed E-state index contributed by atoms with van der Waals surface area (Å²) < 4.78 is 11.4. The second kappa shape index (κ2) is 8.74. The van der Waals surface area contributed by atoms with Crippen LogP contribution in [-0.4, -0.2) is 19.4 Å². The molecule has 24 heavy (non-hydrogen) atoms. The standard InChI is InChI=1S/C20H24ClNO2/c1-5-10-24-20-17(21)11-16(12-19(20)23-6-2)13-22-18-9-7-8-14(3)15(18)4/h7-9,11-13H,5-6,10H2,1-4H3. The van der Waals surface area contributed by atoms with E-state index >= 15 is 0 Å². The molecule has 0 saturated heterocycles. The van der Waals surface area contributed by atoms with Gasteiger partial charge in [0.2, 0.25) is 0 Å². The summed E-state index contributed by atoms with van der Waals surface area (Å²) >= 11 is 6.38. The van der Waals surface area contributed by atoms with Crippen molar-refractivity contribution in [2.45, 2.75) is 34.1 Å². The number of halogens is 1. The summed E-state index contributed by atoms with van der Waals surface area (Å²) in [4.78, 5) is 4.59. The van der Waals surface area contributed by atoms with E-state index in [0.717, 1.165) is 17.7 Å². The normalized spacial score (nSPS) is 11.0. The van der Waals surface area contributed by atoms with Gasteiger partial charge in [0.25, 0.3) is 0 Å². The van der Waals surface area contributed by atoms with Crippen molar-refractivity contribution in [2.75, 3.05) is 13.2 Å². The van der Waals surface area contributed by atoms with E-state index in [0.29, 0.717) is 29.7 Å². The number of benzene rings is 2. The van der Waals surface area contributed by atoms with Gasteiger partial charge in [-0.3, -0.25) is 4.99 Å². The molecule has 0 atom stereocenters. The summed E-state index contributed by atoms with van der Waals surface area (Å²) in [5.41, 5.74) is 4.23. The van der Waals surface area contributed by atoms with Crippen LogP contribution in [0.1, 0.15) is 37.0 Å². The third-order valence-corrected chi connectivity index (χ3v) is 3.99. The largest absolute Gasteiger partial charge is 0.490 e. The number of aryl methyl sites for hydroxylation is 1. The lowest BCUT2D eigenvalue weighted by Gasteiger charge is -2.14. The molecule has 0 amide bonds. The monoisotopic (exact) mass is 345 g/mol. The molecule has 0 bridgehead atoms. The summed E-state index contributed by atoms with van der Waals surface area (Å²) in [6, 6.07) is 9.86. The molecule has 4 heteroatoms. The minimum atomic E-state index is 0.539. The fraction of sp³-hybridized carbons (Fsp3) is 0.350. The molecular formula is C20H24ClNO2. The van der Waals surface area contributed by atoms with Gasteiger partial charge in [-0.25, -0.2) is 0 Å². The lowest BCUT2D eigenvalue weighted by atomic mass is 10.1. The van der Waals surface area contributed by atoms with Gasteiger partial charge >= 0.3 is 0 Å². The molecule has 0 aliphatic heterocycles. The van der Waals surface area contributed by atoms with Gasteiger partial charge < -0.3 is 9.47 Å². The van der Waals surface area contributed by atoms with Gasteiger partial charge in [0.15, 0.2) is 11.5 Å². The average molecular weight is 346 g/mol. The van der Waals surface area contributed by atoms with E-state index in [1.807, 2.05) is 31.2 Å². The van der Waals surface area contributed by atoms with Gasteiger partial charge in [-0.1, -0.05) is 30.7 Å². The number of rotatable bonds is 7. The van der Waals surface area contributed by atoms with Gasteiger partial charge in [-0.05, 0) is 62.1 Å². The molecule has 0 aliphatic carbocycles. The third kappa shape index (κ3) is 4.51. The maximum absolute atomic E-state index is 6.38. The van der Waals surface area contributed by atoms with Crippen LogP contribution < -0.4 is 9.47 Å². The summed E-state index contributed by atoms with van der Waals surface area (Å²) in [5, 5.41) is 0.539. The number of hydrogen-bond donors (Lipinski definition) is 0. The van der Waals surface area contributed by atoms with E-state index in [4.69, 9.17) is 21.1 Å². The highest BCUT2D eigenvalue weighted by Gasteiger charge is 2.12. The van der Waals surface area contributed by atoms with Crippen molar-refractivity contribution in [1.29, 1.82) is 0 Å². The van der Waals surface area contributed by atoms with Crippen molar-refractivity contribution in [1.82, 2.24) is 0 Å². The Balaban J connectivity index is 2.33. The second-order valence-electron chi connectivity index (χ2n) is 5.59. The summed E-state index contributed by atoms with van der Waals surface area (Å²) in [6.45, 7) is 9.31. The van der Waals surface area contributed by atoms with Crippen molar-refractivity contribution < 1.29 is 9.47 Å². The van der Waals surface area contributed by atoms with Crippen molar-refractivity contribution >= 4 is 23.5 Å². The molecule has 128 valence electrons. The van der Waals surface area contributed by atoms with Crippen LogP contribution in [0.25, 0.3) is 0 Å². The van der Waals surface area contributed by atoms with Crippen LogP contribution in [0.4, 0.5) is 5.69 Å². The molecule has 0 fully saturated rings. The molecule has 0 aromatic heterocycles. The molecule has 0 heterocycles. The first-order valence-corrected chi connectivity index (χ1v) is 8.64. The Morgan fingerprint density at radius 3 is 2.62 bits per heavy atom. The molecular weight excluding hydrogens is 322 g/mol. The Kier molecular flexibility index (Phi) is 6.68. The van der Waals surface area contributed by atoms with E-state index in [-0.39, 0.29) is 0 Å². The third-order valence-electron chi connectivity index (χ3n) is 3.71. The predicted molar refractivity (Wildman–Crippen MR) is 102 cm³/mol. The number of aliphatic imine (C=N–C) groups is 1. The first kappa shape index (κ1) is 18.3. The van der Waals surface area contributed by atoms with Crippen LogP contribution in [0.15, 0.2) is 35.3 Å². The second-order valence-corrected chi connectivity index (χ2v) is 6.00. The van der Waals surface area contributed by atoms with Crippen molar-refractivity contribution in [3.63, 3.8) is 0 Å². The molecule has 0 unspecified atom stereocenters. The lowest BCUT2D eigenvalue weighted by Crippen LogP contribution is -2.01. The van der Waals surface area contributed by atoms with Crippen LogP contribution in [0, 0.1) is 13.8 Å². The fourth-order valence-corrected chi connectivity index (χ4v) is 2.56. The van der Waals surface area contributed by atoms with Crippen molar-refractivity contribution in [2.24, 2.45) is 4.99 Å². The quantitative estimate of drug-likeness (QED) is 0.585. The molecule has 3 nitrogen and oxygen atoms in total. The zero-order valence-electron chi connectivity index (χ0n) is 14.7. The first-order valence-electron chi connectivity index (χ1n) is 8.26. The van der Waals surface area contributed by atoms with E-state index < -0.39 is 0 Å². The molecule has 0 saturated carbocycles. The van der Waals surface area contributed by atoms with E-state index in [1.54, 1.807) is 6.21 Å². The van der Waals surface area contributed by atoms with Crippen LogP contribution >= 0.6 is 11.6 Å². The summed E-state index contributed by atoms with van der Waals surface area (Å²) in [7, 11) is 0. The molecule has 0 aliphatic rings. The Morgan fingerprint density at radius 1 is 1.12 bits per heavy atom. The first-order chi connectivity index (χ1) is 11.6. The average Bonchev–Trinajstić information content (AvgIpc) is 2.56. The zero-order valence-corrected chi connectivity index (χ0v) is 15.5. The highest BCUT2D eigenvalue weighted by atomic mass is 35.5. The van der Waals surface area contributed by atoms with E-state index in [1.165, 1.54) is 11.1 Å². The van der Waals surface area contributed by atoms with E-state index in [2.05, 4.69) is 31.8 Å². The highest BCUT2D eigenvalue weighted by molar-refractivity contribution is 6.32. The molecule has 2 aromatic rings. The Bertz CT molecular complexity index is 726. The van der Waals surface area contributed by atoms with Gasteiger partial charge in [0.1, 0.15) is 0 Å². The molecule has 2 rings (SSSR count). The molecule has 2 aromatic carbocycles. The minimum Gasteiger partial charge on any atom is -0.490 e. The molecule has 0 radical (unpaired) electrons. The van der Waals surface area contributed by atoms with Gasteiger partial charge in [0.05, 0.1) is 23.9 Å². The summed E-state index contributed by atoms with van der Waals surface area (Å²) in [6.07, 6.45) is 2.72. The minimum absolute atomic E-state index is 0.539. The Morgan fingerprint density at radius 2 is 1.92 bits per heavy atom. The lowest BCUT2D eigenvalue weighted by molar-refractivity contribution is 0.277. The van der Waals surface area contributed by atoms with Gasteiger partial charge in [-0.2, -0.15) is 0 Å². The maximum Gasteiger partial charge on any atom is 0.179 e. The number of hydrogen-bond acceptors (Lipinski definition) is 3. The van der Waals surface area contributed by atoms with Crippen LogP contribution in [0.5, 0.6) is 11.5 Å². The Labute approximate surface area is 149 Å². The maximum atomic E-state index is 6.38. The smallest absolute Gasteiger partial charge is 0.179 e. The van der Waals surface area contributed by atoms with Crippen LogP contribution in [0.3, 0.4) is 0 Å². The SMILES string of the molecule is CCCOc1c(Cl)cc(C=Nc2cccc(C)c2C)cc1OCC. The highest BCUT2D eigenvalue weighted by Crippen LogP contribution is 2.36. The van der Waals surface area contributed by atoms with Gasteiger partial charge in [0, 0.05) is 6.21 Å². The zero-order chi connectivity index (χ0) is 17.5. The fourth-order valence-electron chi connectivity index (χ4n) is 2.29. The summed E-state index contributed by atoms with van der Waals surface area (Å²) in [5.74, 6) is 1.25. The number of nitrogens with zero attached hydrogens (tertiary/aromatic N) is 1.